The molecule has 2 aromatic carbocycles. The second-order valence-electron chi connectivity index (χ2n) is 8.01. The molecular formula is C24H30ClN3O4. The Balaban J connectivity index is 1.84. The Labute approximate surface area is 194 Å². The molecule has 3 rings (SSSR count). The van der Waals surface area contributed by atoms with Crippen LogP contribution in [-0.4, -0.2) is 63.8 Å². The number of rotatable bonds is 9. The molecule has 2 amide bonds. The van der Waals surface area contributed by atoms with E-state index in [9.17, 15) is 9.59 Å². The van der Waals surface area contributed by atoms with Crippen LogP contribution in [-0.2, 0) is 20.8 Å². The number of amides is 2. The fourth-order valence-corrected chi connectivity index (χ4v) is 4.00. The normalized spacial score (nSPS) is 15.4. The first-order valence-corrected chi connectivity index (χ1v) is 11.0. The van der Waals surface area contributed by atoms with E-state index in [2.05, 4.69) is 5.32 Å². The summed E-state index contributed by atoms with van der Waals surface area (Å²) in [5.41, 5.74) is 2.91. The Morgan fingerprint density at radius 2 is 2.00 bits per heavy atom. The van der Waals surface area contributed by atoms with Gasteiger partial charge in [0.1, 0.15) is 6.61 Å². The molecule has 1 atom stereocenters. The second-order valence-corrected chi connectivity index (χ2v) is 8.42. The van der Waals surface area contributed by atoms with E-state index in [4.69, 9.17) is 21.1 Å². The van der Waals surface area contributed by atoms with Crippen LogP contribution in [0.3, 0.4) is 0 Å². The first-order valence-electron chi connectivity index (χ1n) is 10.6. The van der Waals surface area contributed by atoms with Gasteiger partial charge in [0.2, 0.25) is 5.91 Å². The van der Waals surface area contributed by atoms with E-state index in [-0.39, 0.29) is 24.5 Å². The van der Waals surface area contributed by atoms with Gasteiger partial charge >= 0.3 is 0 Å². The highest BCUT2D eigenvalue weighted by atomic mass is 35.5. The standard InChI is InChI=1S/C24H30ClN3O4/c1-27(2)22-11-10-18(26-24(30)20-8-4-5-9-21(20)25)13-17(22)14-28(23(29)16-31-3)15-19-7-6-12-32-19/h4-5,8-11,13,19H,6-7,12,14-16H2,1-3H3,(H,26,30). The van der Waals surface area contributed by atoms with E-state index in [1.54, 1.807) is 29.2 Å². The maximum atomic E-state index is 12.7. The monoisotopic (exact) mass is 459 g/mol. The van der Waals surface area contributed by atoms with Gasteiger partial charge in [-0.2, -0.15) is 0 Å². The maximum Gasteiger partial charge on any atom is 0.257 e. The molecule has 172 valence electrons. The van der Waals surface area contributed by atoms with Gasteiger partial charge in [0.05, 0.1) is 16.7 Å². The van der Waals surface area contributed by atoms with Crippen LogP contribution in [0.4, 0.5) is 11.4 Å². The van der Waals surface area contributed by atoms with Crippen molar-refractivity contribution in [2.75, 3.05) is 51.2 Å². The highest BCUT2D eigenvalue weighted by Crippen LogP contribution is 2.26. The van der Waals surface area contributed by atoms with Crippen molar-refractivity contribution in [3.63, 3.8) is 0 Å². The molecule has 0 aromatic heterocycles. The number of methoxy groups -OCH3 is 1. The van der Waals surface area contributed by atoms with Crippen molar-refractivity contribution < 1.29 is 19.1 Å². The van der Waals surface area contributed by atoms with Crippen LogP contribution in [0.1, 0.15) is 28.8 Å². The van der Waals surface area contributed by atoms with E-state index in [1.165, 1.54) is 7.11 Å². The Morgan fingerprint density at radius 1 is 1.22 bits per heavy atom. The maximum absolute atomic E-state index is 12.7. The predicted octanol–water partition coefficient (Wildman–Crippen LogP) is 3.81. The van der Waals surface area contributed by atoms with Crippen molar-refractivity contribution in [2.24, 2.45) is 0 Å². The molecule has 1 heterocycles. The molecule has 32 heavy (non-hydrogen) atoms. The molecule has 7 nitrogen and oxygen atoms in total. The van der Waals surface area contributed by atoms with Crippen LogP contribution >= 0.6 is 11.6 Å². The summed E-state index contributed by atoms with van der Waals surface area (Å²) in [6.07, 6.45) is 1.97. The summed E-state index contributed by atoms with van der Waals surface area (Å²) < 4.78 is 10.8. The van der Waals surface area contributed by atoms with E-state index in [0.717, 1.165) is 30.7 Å². The summed E-state index contributed by atoms with van der Waals surface area (Å²) in [5, 5.41) is 3.30. The van der Waals surface area contributed by atoms with Gasteiger partial charge < -0.3 is 24.6 Å². The lowest BCUT2D eigenvalue weighted by Crippen LogP contribution is -2.39. The molecule has 1 fully saturated rings. The number of carbonyl (C=O) groups excluding carboxylic acids is 2. The van der Waals surface area contributed by atoms with Crippen LogP contribution in [0.5, 0.6) is 0 Å². The minimum atomic E-state index is -0.286. The number of nitrogens with one attached hydrogen (secondary N) is 1. The van der Waals surface area contributed by atoms with Crippen molar-refractivity contribution in [2.45, 2.75) is 25.5 Å². The van der Waals surface area contributed by atoms with Crippen LogP contribution < -0.4 is 10.2 Å². The fourth-order valence-electron chi connectivity index (χ4n) is 3.78. The highest BCUT2D eigenvalue weighted by Gasteiger charge is 2.24. The minimum Gasteiger partial charge on any atom is -0.377 e. The lowest BCUT2D eigenvalue weighted by atomic mass is 10.1. The van der Waals surface area contributed by atoms with Gasteiger partial charge in [-0.1, -0.05) is 23.7 Å². The highest BCUT2D eigenvalue weighted by molar-refractivity contribution is 6.34. The zero-order chi connectivity index (χ0) is 23.1. The van der Waals surface area contributed by atoms with Gasteiger partial charge in [-0.3, -0.25) is 9.59 Å². The Hall–Kier alpha value is -2.61. The molecule has 8 heteroatoms. The second kappa shape index (κ2) is 11.3. The molecule has 0 bridgehead atoms. The third-order valence-corrected chi connectivity index (χ3v) is 5.70. The number of hydrogen-bond acceptors (Lipinski definition) is 5. The molecule has 1 saturated heterocycles. The van der Waals surface area contributed by atoms with E-state index in [1.807, 2.05) is 37.2 Å². The quantitative estimate of drug-likeness (QED) is 0.617. The first kappa shape index (κ1) is 24.0. The molecule has 1 aliphatic heterocycles. The average molecular weight is 460 g/mol. The Morgan fingerprint density at radius 3 is 2.66 bits per heavy atom. The smallest absolute Gasteiger partial charge is 0.257 e. The summed E-state index contributed by atoms with van der Waals surface area (Å²) in [7, 11) is 5.41. The van der Waals surface area contributed by atoms with E-state index in [0.29, 0.717) is 29.4 Å². The number of carbonyl (C=O) groups is 2. The van der Waals surface area contributed by atoms with Crippen molar-refractivity contribution >= 4 is 34.8 Å². The van der Waals surface area contributed by atoms with Crippen LogP contribution in [0.15, 0.2) is 42.5 Å². The molecule has 2 aromatic rings. The summed E-state index contributed by atoms with van der Waals surface area (Å²) >= 11 is 6.16. The molecule has 0 spiro atoms. The van der Waals surface area contributed by atoms with Crippen molar-refractivity contribution in [3.8, 4) is 0 Å². The van der Waals surface area contributed by atoms with Crippen LogP contribution in [0.2, 0.25) is 5.02 Å². The SMILES string of the molecule is COCC(=O)N(Cc1cc(NC(=O)c2ccccc2Cl)ccc1N(C)C)CC1CCCO1. The predicted molar refractivity (Wildman–Crippen MR) is 126 cm³/mol. The molecule has 0 aliphatic carbocycles. The van der Waals surface area contributed by atoms with E-state index < -0.39 is 0 Å². The van der Waals surface area contributed by atoms with Gasteiger partial charge in [0.25, 0.3) is 5.91 Å². The number of ether oxygens (including phenoxy) is 2. The molecular weight excluding hydrogens is 430 g/mol. The third kappa shape index (κ3) is 6.22. The van der Waals surface area contributed by atoms with Crippen molar-refractivity contribution in [1.29, 1.82) is 0 Å². The zero-order valence-corrected chi connectivity index (χ0v) is 19.5. The Kier molecular flexibility index (Phi) is 8.50. The van der Waals surface area contributed by atoms with Gasteiger partial charge in [0.15, 0.2) is 0 Å². The number of anilines is 2. The molecule has 1 aliphatic rings. The topological polar surface area (TPSA) is 71.1 Å². The van der Waals surface area contributed by atoms with Gasteiger partial charge in [-0.15, -0.1) is 0 Å². The van der Waals surface area contributed by atoms with Crippen molar-refractivity contribution in [3.05, 3.63) is 58.6 Å². The lowest BCUT2D eigenvalue weighted by Gasteiger charge is -2.28. The molecule has 1 N–H and O–H groups in total. The number of benzene rings is 2. The van der Waals surface area contributed by atoms with Gasteiger partial charge in [-0.25, -0.2) is 0 Å². The van der Waals surface area contributed by atoms with Crippen molar-refractivity contribution in [1.82, 2.24) is 4.90 Å². The fraction of sp³-hybridized carbons (Fsp3) is 0.417. The summed E-state index contributed by atoms with van der Waals surface area (Å²) in [4.78, 5) is 29.2. The first-order chi connectivity index (χ1) is 15.4. The zero-order valence-electron chi connectivity index (χ0n) is 18.8. The molecule has 1 unspecified atom stereocenters. The van der Waals surface area contributed by atoms with Crippen LogP contribution in [0.25, 0.3) is 0 Å². The van der Waals surface area contributed by atoms with Gasteiger partial charge in [-0.05, 0) is 48.7 Å². The Bertz CT molecular complexity index is 945. The number of hydrogen-bond donors (Lipinski definition) is 1. The minimum absolute atomic E-state index is 0.00690. The molecule has 0 saturated carbocycles. The number of halogens is 1. The largest absolute Gasteiger partial charge is 0.377 e. The summed E-state index contributed by atoms with van der Waals surface area (Å²) in [6, 6.07) is 12.6. The summed E-state index contributed by atoms with van der Waals surface area (Å²) in [6.45, 7) is 1.62. The summed E-state index contributed by atoms with van der Waals surface area (Å²) in [5.74, 6) is -0.385. The van der Waals surface area contributed by atoms with E-state index >= 15 is 0 Å². The van der Waals surface area contributed by atoms with Gasteiger partial charge in [0, 0.05) is 52.3 Å². The third-order valence-electron chi connectivity index (χ3n) is 5.37. The molecule has 0 radical (unpaired) electrons. The van der Waals surface area contributed by atoms with Crippen LogP contribution in [0, 0.1) is 0 Å². The lowest BCUT2D eigenvalue weighted by molar-refractivity contribution is -0.137. The number of nitrogens with zero attached hydrogens (tertiary/aromatic N) is 2. The average Bonchev–Trinajstić information content (AvgIpc) is 3.27.